The van der Waals surface area contributed by atoms with Crippen molar-refractivity contribution in [2.24, 2.45) is 0 Å². The zero-order valence-corrected chi connectivity index (χ0v) is 14.2. The molecule has 2 aromatic heterocycles. The molecule has 1 unspecified atom stereocenters. The lowest BCUT2D eigenvalue weighted by atomic mass is 10.1. The first-order chi connectivity index (χ1) is 11.6. The van der Waals surface area contributed by atoms with Gasteiger partial charge in [0.15, 0.2) is 0 Å². The fraction of sp³-hybridized carbons (Fsp3) is 0.333. The summed E-state index contributed by atoms with van der Waals surface area (Å²) in [5, 5.41) is 0.532. The van der Waals surface area contributed by atoms with Crippen LogP contribution in [0.2, 0.25) is 0 Å². The van der Waals surface area contributed by atoms with E-state index in [1.165, 1.54) is 17.4 Å². The molecule has 1 aromatic carbocycles. The lowest BCUT2D eigenvalue weighted by Gasteiger charge is -2.33. The molecule has 0 aliphatic carbocycles. The molecule has 1 amide bonds. The number of imidazole rings is 1. The maximum atomic E-state index is 13.9. The van der Waals surface area contributed by atoms with Crippen molar-refractivity contribution in [2.45, 2.75) is 25.8 Å². The average Bonchev–Trinajstić information content (AvgIpc) is 3.21. The summed E-state index contributed by atoms with van der Waals surface area (Å²) in [4.78, 5) is 19.6. The molecule has 4 nitrogen and oxygen atoms in total. The molecule has 24 heavy (non-hydrogen) atoms. The molecule has 1 atom stereocenters. The summed E-state index contributed by atoms with van der Waals surface area (Å²) in [5.74, 6) is 0.699. The standard InChI is InChI=1S/C18H18FN3OS/c1-12-20-7-9-22(12)13-4-3-8-21(11-13)18(23)17-10-14-15(19)5-2-6-16(14)24-17/h2,5-7,9-10,13H,3-4,8,11H2,1H3. The number of hydrogen-bond donors (Lipinski definition) is 0. The first-order valence-corrected chi connectivity index (χ1v) is 8.92. The van der Waals surface area contributed by atoms with Crippen molar-refractivity contribution in [2.75, 3.05) is 13.1 Å². The molecule has 1 fully saturated rings. The van der Waals surface area contributed by atoms with Crippen LogP contribution in [0.1, 0.15) is 34.4 Å². The van der Waals surface area contributed by atoms with E-state index < -0.39 is 0 Å². The second-order valence-electron chi connectivity index (χ2n) is 6.19. The summed E-state index contributed by atoms with van der Waals surface area (Å²) < 4.78 is 16.8. The van der Waals surface area contributed by atoms with Gasteiger partial charge in [-0.2, -0.15) is 0 Å². The maximum Gasteiger partial charge on any atom is 0.264 e. The summed E-state index contributed by atoms with van der Waals surface area (Å²) in [6.45, 7) is 3.40. The first kappa shape index (κ1) is 15.3. The highest BCUT2D eigenvalue weighted by atomic mass is 32.1. The van der Waals surface area contributed by atoms with E-state index in [9.17, 15) is 9.18 Å². The lowest BCUT2D eigenvalue weighted by Crippen LogP contribution is -2.40. The molecule has 1 saturated heterocycles. The molecular formula is C18H18FN3OS. The van der Waals surface area contributed by atoms with Gasteiger partial charge in [0.1, 0.15) is 11.6 Å². The second kappa shape index (κ2) is 6.02. The second-order valence-corrected chi connectivity index (χ2v) is 7.28. The number of aryl methyl sites for hydroxylation is 1. The molecule has 0 N–H and O–H groups in total. The van der Waals surface area contributed by atoms with E-state index in [1.807, 2.05) is 24.1 Å². The predicted molar refractivity (Wildman–Crippen MR) is 92.9 cm³/mol. The number of hydrogen-bond acceptors (Lipinski definition) is 3. The van der Waals surface area contributed by atoms with Crippen molar-refractivity contribution >= 4 is 27.3 Å². The van der Waals surface area contributed by atoms with Crippen molar-refractivity contribution < 1.29 is 9.18 Å². The third-order valence-corrected chi connectivity index (χ3v) is 5.75. The van der Waals surface area contributed by atoms with Crippen LogP contribution < -0.4 is 0 Å². The smallest absolute Gasteiger partial charge is 0.264 e. The summed E-state index contributed by atoms with van der Waals surface area (Å²) >= 11 is 1.36. The first-order valence-electron chi connectivity index (χ1n) is 8.10. The van der Waals surface area contributed by atoms with Crippen LogP contribution in [-0.4, -0.2) is 33.4 Å². The molecular weight excluding hydrogens is 325 g/mol. The highest BCUT2D eigenvalue weighted by Crippen LogP contribution is 2.30. The van der Waals surface area contributed by atoms with Gasteiger partial charge in [-0.3, -0.25) is 4.79 Å². The number of piperidine rings is 1. The van der Waals surface area contributed by atoms with Gasteiger partial charge in [-0.05, 0) is 38.0 Å². The fourth-order valence-corrected chi connectivity index (χ4v) is 4.47. The van der Waals surface area contributed by atoms with Crippen LogP contribution in [0.15, 0.2) is 36.7 Å². The van der Waals surface area contributed by atoms with Crippen LogP contribution in [0.3, 0.4) is 0 Å². The molecule has 3 aromatic rings. The van der Waals surface area contributed by atoms with E-state index in [4.69, 9.17) is 0 Å². The zero-order valence-electron chi connectivity index (χ0n) is 13.4. The third-order valence-electron chi connectivity index (χ3n) is 4.66. The Morgan fingerprint density at radius 2 is 2.29 bits per heavy atom. The van der Waals surface area contributed by atoms with Crippen molar-refractivity contribution in [1.29, 1.82) is 0 Å². The van der Waals surface area contributed by atoms with Crippen LogP contribution in [0.5, 0.6) is 0 Å². The van der Waals surface area contributed by atoms with Gasteiger partial charge in [0.05, 0.1) is 10.9 Å². The highest BCUT2D eigenvalue weighted by Gasteiger charge is 2.27. The Bertz CT molecular complexity index is 901. The van der Waals surface area contributed by atoms with Gasteiger partial charge in [0, 0.05) is 35.6 Å². The number of carbonyl (C=O) groups is 1. The van der Waals surface area contributed by atoms with Gasteiger partial charge < -0.3 is 9.47 Å². The molecule has 1 aliphatic heterocycles. The van der Waals surface area contributed by atoms with Gasteiger partial charge in [0.25, 0.3) is 5.91 Å². The molecule has 4 rings (SSSR count). The Hall–Kier alpha value is -2.21. The van der Waals surface area contributed by atoms with Gasteiger partial charge in [-0.1, -0.05) is 6.07 Å². The van der Waals surface area contributed by atoms with Crippen LogP contribution in [-0.2, 0) is 0 Å². The molecule has 0 spiro atoms. The number of aromatic nitrogens is 2. The minimum Gasteiger partial charge on any atom is -0.336 e. The number of benzene rings is 1. The van der Waals surface area contributed by atoms with Crippen LogP contribution >= 0.6 is 11.3 Å². The number of halogens is 1. The number of nitrogens with zero attached hydrogens (tertiary/aromatic N) is 3. The number of rotatable bonds is 2. The molecule has 0 bridgehead atoms. The Balaban J connectivity index is 1.59. The molecule has 6 heteroatoms. The highest BCUT2D eigenvalue weighted by molar-refractivity contribution is 7.20. The zero-order chi connectivity index (χ0) is 16.7. The van der Waals surface area contributed by atoms with Crippen molar-refractivity contribution in [1.82, 2.24) is 14.5 Å². The minimum absolute atomic E-state index is 0.00179. The molecule has 124 valence electrons. The Morgan fingerprint density at radius 1 is 1.42 bits per heavy atom. The average molecular weight is 343 g/mol. The molecule has 1 aliphatic rings. The Labute approximate surface area is 143 Å². The van der Waals surface area contributed by atoms with Crippen molar-refractivity contribution in [3.63, 3.8) is 0 Å². The number of fused-ring (bicyclic) bond motifs is 1. The Morgan fingerprint density at radius 3 is 3.04 bits per heavy atom. The van der Waals surface area contributed by atoms with E-state index in [2.05, 4.69) is 9.55 Å². The monoisotopic (exact) mass is 343 g/mol. The van der Waals surface area contributed by atoms with Gasteiger partial charge in [-0.15, -0.1) is 11.3 Å². The van der Waals surface area contributed by atoms with Crippen molar-refractivity contribution in [3.05, 3.63) is 53.2 Å². The minimum atomic E-state index is -0.270. The van der Waals surface area contributed by atoms with Gasteiger partial charge >= 0.3 is 0 Å². The summed E-state index contributed by atoms with van der Waals surface area (Å²) in [7, 11) is 0. The van der Waals surface area contributed by atoms with E-state index in [1.54, 1.807) is 18.3 Å². The maximum absolute atomic E-state index is 13.9. The largest absolute Gasteiger partial charge is 0.336 e. The van der Waals surface area contributed by atoms with E-state index in [0.717, 1.165) is 29.9 Å². The topological polar surface area (TPSA) is 38.1 Å². The molecule has 0 saturated carbocycles. The fourth-order valence-electron chi connectivity index (χ4n) is 3.43. The van der Waals surface area contributed by atoms with Gasteiger partial charge in [0.2, 0.25) is 0 Å². The van der Waals surface area contributed by atoms with Crippen LogP contribution in [0.4, 0.5) is 4.39 Å². The van der Waals surface area contributed by atoms with E-state index in [0.29, 0.717) is 16.8 Å². The molecule has 0 radical (unpaired) electrons. The third kappa shape index (κ3) is 2.60. The molecule has 3 heterocycles. The number of amides is 1. The van der Waals surface area contributed by atoms with Crippen LogP contribution in [0.25, 0.3) is 10.1 Å². The normalized spacial score (nSPS) is 18.2. The number of thiophene rings is 1. The van der Waals surface area contributed by atoms with E-state index in [-0.39, 0.29) is 17.8 Å². The Kier molecular flexibility index (Phi) is 3.84. The van der Waals surface area contributed by atoms with E-state index >= 15 is 0 Å². The van der Waals surface area contributed by atoms with Crippen LogP contribution in [0, 0.1) is 12.7 Å². The SMILES string of the molecule is Cc1nccn1C1CCCN(C(=O)c2cc3c(F)cccc3s2)C1. The summed E-state index contributed by atoms with van der Waals surface area (Å²) in [5.41, 5.74) is 0. The predicted octanol–water partition coefficient (Wildman–Crippen LogP) is 4.02. The number of likely N-dealkylation sites (tertiary alicyclic amines) is 1. The van der Waals surface area contributed by atoms with Crippen molar-refractivity contribution in [3.8, 4) is 0 Å². The van der Waals surface area contributed by atoms with Gasteiger partial charge in [-0.25, -0.2) is 9.37 Å². The number of carbonyl (C=O) groups excluding carboxylic acids is 1. The summed E-state index contributed by atoms with van der Waals surface area (Å²) in [6.07, 6.45) is 5.78. The quantitative estimate of drug-likeness (QED) is 0.705. The lowest BCUT2D eigenvalue weighted by molar-refractivity contribution is 0.0683. The summed E-state index contributed by atoms with van der Waals surface area (Å²) in [6, 6.07) is 6.91.